The summed E-state index contributed by atoms with van der Waals surface area (Å²) in [6.45, 7) is 3.48. The Bertz CT molecular complexity index is 1270. The number of aromatic nitrogens is 2. The van der Waals surface area contributed by atoms with Gasteiger partial charge in [-0.2, -0.15) is 5.10 Å². The maximum Gasteiger partial charge on any atom is 0.327 e. The molecule has 38 heavy (non-hydrogen) atoms. The molecule has 0 aliphatic carbocycles. The molecule has 5 rings (SSSR count). The van der Waals surface area contributed by atoms with Crippen LogP contribution in [0.4, 0.5) is 0 Å². The average Bonchev–Trinajstić information content (AvgIpc) is 3.39. The summed E-state index contributed by atoms with van der Waals surface area (Å²) >= 11 is 0. The van der Waals surface area contributed by atoms with Crippen LogP contribution in [0.25, 0.3) is 6.08 Å². The number of rotatable bonds is 8. The Labute approximate surface area is 223 Å². The number of ether oxygens (including phenoxy) is 1. The minimum Gasteiger partial charge on any atom is -0.465 e. The van der Waals surface area contributed by atoms with Gasteiger partial charge < -0.3 is 9.84 Å². The average molecular weight is 508 g/mol. The van der Waals surface area contributed by atoms with Crippen molar-refractivity contribution in [2.45, 2.75) is 31.5 Å². The number of benzene rings is 3. The molecule has 2 heterocycles. The van der Waals surface area contributed by atoms with E-state index in [-0.39, 0.29) is 12.5 Å². The van der Waals surface area contributed by atoms with Crippen LogP contribution in [0, 0.1) is 0 Å². The fourth-order valence-corrected chi connectivity index (χ4v) is 5.48. The molecule has 1 N–H and O–H groups in total. The summed E-state index contributed by atoms with van der Waals surface area (Å²) in [7, 11) is 0. The first-order valence-electron chi connectivity index (χ1n) is 13.1. The lowest BCUT2D eigenvalue weighted by Crippen LogP contribution is -2.52. The molecule has 0 spiro atoms. The lowest BCUT2D eigenvalue weighted by atomic mass is 9.74. The Morgan fingerprint density at radius 3 is 2.05 bits per heavy atom. The minimum atomic E-state index is -0.556. The minimum absolute atomic E-state index is 0.0603. The highest BCUT2D eigenvalue weighted by Gasteiger charge is 2.44. The van der Waals surface area contributed by atoms with E-state index in [1.807, 2.05) is 30.5 Å². The molecule has 1 unspecified atom stereocenters. The Hall–Kier alpha value is -4.00. The summed E-state index contributed by atoms with van der Waals surface area (Å²) in [5.41, 5.74) is 4.74. The van der Waals surface area contributed by atoms with Gasteiger partial charge in [-0.3, -0.25) is 14.4 Å². The molecule has 1 aromatic heterocycles. The second kappa shape index (κ2) is 11.6. The molecule has 194 valence electrons. The van der Waals surface area contributed by atoms with Gasteiger partial charge in [-0.05, 0) is 41.7 Å². The summed E-state index contributed by atoms with van der Waals surface area (Å²) in [5, 5.41) is 15.4. The summed E-state index contributed by atoms with van der Waals surface area (Å²) in [4.78, 5) is 14.3. The molecular weight excluding hydrogens is 474 g/mol. The summed E-state index contributed by atoms with van der Waals surface area (Å²) in [5.74, 6) is -0.322. The van der Waals surface area contributed by atoms with Crippen LogP contribution in [0.3, 0.4) is 0 Å². The number of likely N-dealkylation sites (tertiary alicyclic amines) is 1. The van der Waals surface area contributed by atoms with E-state index in [2.05, 4.69) is 82.8 Å². The van der Waals surface area contributed by atoms with Gasteiger partial charge in [-0.15, -0.1) is 0 Å². The van der Waals surface area contributed by atoms with Gasteiger partial charge in [0.1, 0.15) is 6.54 Å². The summed E-state index contributed by atoms with van der Waals surface area (Å²) in [6, 6.07) is 31.8. The zero-order valence-electron chi connectivity index (χ0n) is 21.6. The highest BCUT2D eigenvalue weighted by Crippen LogP contribution is 2.44. The van der Waals surface area contributed by atoms with Crippen molar-refractivity contribution in [2.24, 2.45) is 0 Å². The Kier molecular flexibility index (Phi) is 7.82. The summed E-state index contributed by atoms with van der Waals surface area (Å²) in [6.07, 6.45) is 5.58. The van der Waals surface area contributed by atoms with Crippen LogP contribution < -0.4 is 0 Å². The number of carbonyl (C=O) groups excluding carboxylic acids is 1. The fraction of sp³-hybridized carbons (Fsp3) is 0.250. The molecule has 1 aliphatic heterocycles. The Morgan fingerprint density at radius 2 is 1.53 bits per heavy atom. The molecule has 0 saturated carbocycles. The third kappa shape index (κ3) is 5.19. The van der Waals surface area contributed by atoms with Crippen LogP contribution in [-0.4, -0.2) is 51.6 Å². The zero-order chi connectivity index (χ0) is 26.4. The lowest BCUT2D eigenvalue weighted by molar-refractivity contribution is -0.144. The predicted molar refractivity (Wildman–Crippen MR) is 148 cm³/mol. The van der Waals surface area contributed by atoms with Gasteiger partial charge in [0.2, 0.25) is 0 Å². The number of piperidine rings is 1. The molecule has 6 nitrogen and oxygen atoms in total. The van der Waals surface area contributed by atoms with Crippen LogP contribution >= 0.6 is 0 Å². The van der Waals surface area contributed by atoms with E-state index < -0.39 is 11.6 Å². The van der Waals surface area contributed by atoms with Gasteiger partial charge in [-0.1, -0.05) is 91.0 Å². The van der Waals surface area contributed by atoms with Gasteiger partial charge >= 0.3 is 5.97 Å². The predicted octanol–water partition coefficient (Wildman–Crippen LogP) is 4.89. The van der Waals surface area contributed by atoms with Crippen molar-refractivity contribution >= 4 is 12.0 Å². The van der Waals surface area contributed by atoms with Gasteiger partial charge in [0.25, 0.3) is 0 Å². The fourth-order valence-electron chi connectivity index (χ4n) is 5.48. The quantitative estimate of drug-likeness (QED) is 0.272. The van der Waals surface area contributed by atoms with E-state index >= 15 is 0 Å². The van der Waals surface area contributed by atoms with Crippen molar-refractivity contribution in [1.29, 1.82) is 0 Å². The largest absolute Gasteiger partial charge is 0.465 e. The lowest BCUT2D eigenvalue weighted by Gasteiger charge is -2.48. The first-order valence-corrected chi connectivity index (χ1v) is 13.1. The van der Waals surface area contributed by atoms with Gasteiger partial charge in [0, 0.05) is 24.8 Å². The molecule has 6 heteroatoms. The molecule has 0 radical (unpaired) electrons. The van der Waals surface area contributed by atoms with Crippen molar-refractivity contribution in [1.82, 2.24) is 14.7 Å². The molecular formula is C32H33N3O3. The number of aliphatic hydroxyl groups is 1. The van der Waals surface area contributed by atoms with Crippen molar-refractivity contribution in [3.05, 3.63) is 131 Å². The van der Waals surface area contributed by atoms with Crippen LogP contribution in [-0.2, 0) is 21.6 Å². The van der Waals surface area contributed by atoms with Crippen LogP contribution in [0.15, 0.2) is 109 Å². The molecule has 0 amide bonds. The Morgan fingerprint density at radius 1 is 0.974 bits per heavy atom. The second-order valence-corrected chi connectivity index (χ2v) is 9.53. The van der Waals surface area contributed by atoms with Crippen molar-refractivity contribution in [2.75, 3.05) is 19.7 Å². The number of esters is 1. The van der Waals surface area contributed by atoms with Crippen LogP contribution in [0.1, 0.15) is 35.6 Å². The highest BCUT2D eigenvalue weighted by molar-refractivity contribution is 5.69. The summed E-state index contributed by atoms with van der Waals surface area (Å²) < 4.78 is 6.61. The maximum atomic E-state index is 11.9. The maximum absolute atomic E-state index is 11.9. The van der Waals surface area contributed by atoms with Crippen molar-refractivity contribution in [3.63, 3.8) is 0 Å². The van der Waals surface area contributed by atoms with E-state index in [0.29, 0.717) is 19.6 Å². The zero-order valence-corrected chi connectivity index (χ0v) is 21.6. The monoisotopic (exact) mass is 507 g/mol. The highest BCUT2D eigenvalue weighted by atomic mass is 16.5. The second-order valence-electron chi connectivity index (χ2n) is 9.53. The van der Waals surface area contributed by atoms with E-state index in [9.17, 15) is 9.90 Å². The van der Waals surface area contributed by atoms with Crippen molar-refractivity contribution < 1.29 is 14.6 Å². The van der Waals surface area contributed by atoms with E-state index in [4.69, 9.17) is 4.74 Å². The molecule has 0 bridgehead atoms. The number of aliphatic hydroxyl groups excluding tert-OH is 1. The first-order chi connectivity index (χ1) is 18.6. The van der Waals surface area contributed by atoms with Gasteiger partial charge in [0.15, 0.2) is 0 Å². The van der Waals surface area contributed by atoms with E-state index in [0.717, 1.165) is 17.7 Å². The smallest absolute Gasteiger partial charge is 0.327 e. The molecule has 3 aromatic carbocycles. The molecule has 4 aromatic rings. The number of nitrogens with zero attached hydrogens (tertiary/aromatic N) is 3. The number of hydrogen-bond acceptors (Lipinski definition) is 5. The molecule has 1 atom stereocenters. The third-order valence-corrected chi connectivity index (χ3v) is 7.12. The Balaban J connectivity index is 1.57. The van der Waals surface area contributed by atoms with Crippen LogP contribution in [0.5, 0.6) is 0 Å². The SMILES string of the molecule is CCOC(=O)Cn1cc(C=C2CN(C(c3ccccc3)(c3ccccc3)c3ccccc3)CCC2O)cn1. The van der Waals surface area contributed by atoms with Crippen LogP contribution in [0.2, 0.25) is 0 Å². The van der Waals surface area contributed by atoms with Gasteiger partial charge in [-0.25, -0.2) is 0 Å². The topological polar surface area (TPSA) is 67.6 Å². The van der Waals surface area contributed by atoms with E-state index in [1.54, 1.807) is 17.8 Å². The normalized spacial score (nSPS) is 17.4. The first kappa shape index (κ1) is 25.6. The molecule has 1 fully saturated rings. The third-order valence-electron chi connectivity index (χ3n) is 7.12. The van der Waals surface area contributed by atoms with Gasteiger partial charge in [0.05, 0.1) is 24.4 Å². The number of carbonyl (C=O) groups is 1. The standard InChI is InChI=1S/C32H33N3O3/c1-2-38-31(37)24-35-22-25(21-33-35)20-26-23-34(19-18-30(26)36)32(27-12-6-3-7-13-27,28-14-8-4-9-15-28)29-16-10-5-11-17-29/h3-17,20-22,30,36H,2,18-19,23-24H2,1H3. The number of hydrogen-bond donors (Lipinski definition) is 1. The molecule has 1 aliphatic rings. The van der Waals surface area contributed by atoms with Crippen molar-refractivity contribution in [3.8, 4) is 0 Å². The van der Waals surface area contributed by atoms with E-state index in [1.165, 1.54) is 16.7 Å². The molecule has 1 saturated heterocycles.